The van der Waals surface area contributed by atoms with Crippen LogP contribution < -0.4 is 5.32 Å². The molecule has 0 unspecified atom stereocenters. The minimum Gasteiger partial charge on any atom is -0.388 e. The standard InChI is InChI=1S/C15H14N4.C2H6O/c1-10-8-11(2)14-13(9-10)18-19-15(17-14)16-12-6-4-3-5-7-12;1-3-2/h3-9H,1-2H3,(H,16,17,19);1-2H3. The highest BCUT2D eigenvalue weighted by molar-refractivity contribution is 5.79. The van der Waals surface area contributed by atoms with Crippen molar-refractivity contribution in [1.29, 1.82) is 0 Å². The molecule has 0 amide bonds. The first-order valence-electron chi connectivity index (χ1n) is 6.98. The Hall–Kier alpha value is -2.53. The molecule has 114 valence electrons. The number of aryl methyl sites for hydroxylation is 2. The molecule has 22 heavy (non-hydrogen) atoms. The number of fused-ring (bicyclic) bond motifs is 1. The Balaban J connectivity index is 0.000000545. The second kappa shape index (κ2) is 7.47. The van der Waals surface area contributed by atoms with Crippen molar-refractivity contribution in [1.82, 2.24) is 15.2 Å². The molecule has 5 nitrogen and oxygen atoms in total. The van der Waals surface area contributed by atoms with Gasteiger partial charge in [-0.1, -0.05) is 24.3 Å². The summed E-state index contributed by atoms with van der Waals surface area (Å²) in [5.74, 6) is 0.519. The van der Waals surface area contributed by atoms with Crippen LogP contribution in [-0.2, 0) is 4.74 Å². The van der Waals surface area contributed by atoms with Gasteiger partial charge >= 0.3 is 0 Å². The average molecular weight is 296 g/mol. The Bertz CT molecular complexity index is 744. The number of para-hydroxylation sites is 1. The second-order valence-corrected chi connectivity index (χ2v) is 4.98. The molecule has 2 aromatic carbocycles. The number of anilines is 2. The molecular weight excluding hydrogens is 276 g/mol. The largest absolute Gasteiger partial charge is 0.388 e. The summed E-state index contributed by atoms with van der Waals surface area (Å²) in [7, 11) is 3.25. The molecule has 0 atom stereocenters. The van der Waals surface area contributed by atoms with Crippen molar-refractivity contribution in [3.05, 3.63) is 53.6 Å². The third kappa shape index (κ3) is 3.99. The van der Waals surface area contributed by atoms with Gasteiger partial charge in [0.05, 0.1) is 5.52 Å². The summed E-state index contributed by atoms with van der Waals surface area (Å²) in [5, 5.41) is 11.5. The molecule has 0 aliphatic heterocycles. The summed E-state index contributed by atoms with van der Waals surface area (Å²) in [6.45, 7) is 4.08. The third-order valence-electron chi connectivity index (χ3n) is 2.92. The van der Waals surface area contributed by atoms with Crippen LogP contribution in [0, 0.1) is 13.8 Å². The molecule has 0 aliphatic carbocycles. The third-order valence-corrected chi connectivity index (χ3v) is 2.92. The van der Waals surface area contributed by atoms with E-state index in [-0.39, 0.29) is 0 Å². The first-order chi connectivity index (χ1) is 10.6. The van der Waals surface area contributed by atoms with Crippen molar-refractivity contribution in [3.63, 3.8) is 0 Å². The molecule has 0 radical (unpaired) electrons. The lowest BCUT2D eigenvalue weighted by atomic mass is 10.1. The maximum absolute atomic E-state index is 4.53. The van der Waals surface area contributed by atoms with Gasteiger partial charge in [0.15, 0.2) is 0 Å². The average Bonchev–Trinajstić information content (AvgIpc) is 2.50. The van der Waals surface area contributed by atoms with Gasteiger partial charge in [0.25, 0.3) is 0 Å². The number of ether oxygens (including phenoxy) is 1. The van der Waals surface area contributed by atoms with Crippen LogP contribution in [0.25, 0.3) is 11.0 Å². The fourth-order valence-corrected chi connectivity index (χ4v) is 2.09. The van der Waals surface area contributed by atoms with Crippen LogP contribution in [0.1, 0.15) is 11.1 Å². The smallest absolute Gasteiger partial charge is 0.247 e. The molecule has 5 heteroatoms. The zero-order chi connectivity index (χ0) is 15.9. The van der Waals surface area contributed by atoms with Crippen molar-refractivity contribution in [2.45, 2.75) is 13.8 Å². The summed E-state index contributed by atoms with van der Waals surface area (Å²) in [4.78, 5) is 4.53. The van der Waals surface area contributed by atoms with Gasteiger partial charge in [-0.25, -0.2) is 4.98 Å². The van der Waals surface area contributed by atoms with E-state index in [0.29, 0.717) is 5.95 Å². The van der Waals surface area contributed by atoms with Crippen LogP contribution in [0.4, 0.5) is 11.6 Å². The van der Waals surface area contributed by atoms with Crippen molar-refractivity contribution < 1.29 is 4.74 Å². The summed E-state index contributed by atoms with van der Waals surface area (Å²) >= 11 is 0. The molecule has 1 aromatic heterocycles. The first kappa shape index (κ1) is 15.9. The van der Waals surface area contributed by atoms with E-state index in [1.54, 1.807) is 14.2 Å². The fraction of sp³-hybridized carbons (Fsp3) is 0.235. The van der Waals surface area contributed by atoms with Gasteiger partial charge in [-0.3, -0.25) is 0 Å². The highest BCUT2D eigenvalue weighted by Gasteiger charge is 2.05. The highest BCUT2D eigenvalue weighted by Crippen LogP contribution is 2.18. The molecule has 3 rings (SSSR count). The fourth-order valence-electron chi connectivity index (χ4n) is 2.09. The van der Waals surface area contributed by atoms with Crippen molar-refractivity contribution in [3.8, 4) is 0 Å². The Morgan fingerprint density at radius 3 is 2.32 bits per heavy atom. The van der Waals surface area contributed by atoms with Gasteiger partial charge in [-0.15, -0.1) is 10.2 Å². The number of benzene rings is 2. The second-order valence-electron chi connectivity index (χ2n) is 4.98. The molecule has 3 aromatic rings. The van der Waals surface area contributed by atoms with Crippen molar-refractivity contribution in [2.24, 2.45) is 0 Å². The highest BCUT2D eigenvalue weighted by atomic mass is 16.4. The van der Waals surface area contributed by atoms with Gasteiger partial charge in [-0.05, 0) is 43.2 Å². The van der Waals surface area contributed by atoms with E-state index in [1.807, 2.05) is 50.2 Å². The first-order valence-corrected chi connectivity index (χ1v) is 6.98. The van der Waals surface area contributed by atoms with Gasteiger partial charge in [0.2, 0.25) is 5.95 Å². The normalized spacial score (nSPS) is 10.0. The molecule has 1 heterocycles. The quantitative estimate of drug-likeness (QED) is 0.782. The minimum absolute atomic E-state index is 0.519. The predicted molar refractivity (Wildman–Crippen MR) is 89.5 cm³/mol. The number of nitrogens with zero attached hydrogens (tertiary/aromatic N) is 3. The number of nitrogens with one attached hydrogen (secondary N) is 1. The van der Waals surface area contributed by atoms with E-state index in [2.05, 4.69) is 31.3 Å². The van der Waals surface area contributed by atoms with Gasteiger partial charge in [0.1, 0.15) is 5.52 Å². The summed E-state index contributed by atoms with van der Waals surface area (Å²) in [5.41, 5.74) is 4.95. The minimum atomic E-state index is 0.519. The predicted octanol–water partition coefficient (Wildman–Crippen LogP) is 3.65. The molecule has 0 saturated heterocycles. The summed E-state index contributed by atoms with van der Waals surface area (Å²) < 4.78 is 4.25. The molecule has 0 saturated carbocycles. The van der Waals surface area contributed by atoms with Crippen LogP contribution in [0.3, 0.4) is 0 Å². The topological polar surface area (TPSA) is 59.9 Å². The van der Waals surface area contributed by atoms with E-state index in [9.17, 15) is 0 Å². The monoisotopic (exact) mass is 296 g/mol. The SMILES string of the molecule is COC.Cc1cc(C)c2nc(Nc3ccccc3)nnc2c1. The van der Waals surface area contributed by atoms with E-state index in [4.69, 9.17) is 0 Å². The zero-order valence-electron chi connectivity index (χ0n) is 13.3. The van der Waals surface area contributed by atoms with E-state index < -0.39 is 0 Å². The van der Waals surface area contributed by atoms with E-state index in [0.717, 1.165) is 22.3 Å². The molecule has 0 spiro atoms. The molecule has 0 fully saturated rings. The number of aromatic nitrogens is 3. The van der Waals surface area contributed by atoms with Crippen LogP contribution in [0.2, 0.25) is 0 Å². The van der Waals surface area contributed by atoms with Gasteiger partial charge < -0.3 is 10.1 Å². The Morgan fingerprint density at radius 2 is 1.64 bits per heavy atom. The zero-order valence-corrected chi connectivity index (χ0v) is 13.3. The van der Waals surface area contributed by atoms with E-state index >= 15 is 0 Å². The lowest BCUT2D eigenvalue weighted by Crippen LogP contribution is -2.00. The maximum atomic E-state index is 4.53. The Labute approximate surface area is 130 Å². The lowest BCUT2D eigenvalue weighted by Gasteiger charge is -2.06. The van der Waals surface area contributed by atoms with Crippen molar-refractivity contribution in [2.75, 3.05) is 19.5 Å². The molecular formula is C17H20N4O. The Morgan fingerprint density at radius 1 is 0.955 bits per heavy atom. The maximum Gasteiger partial charge on any atom is 0.247 e. The van der Waals surface area contributed by atoms with Crippen LogP contribution >= 0.6 is 0 Å². The number of hydrogen-bond acceptors (Lipinski definition) is 5. The molecule has 1 N–H and O–H groups in total. The molecule has 0 aliphatic rings. The summed E-state index contributed by atoms with van der Waals surface area (Å²) in [6, 6.07) is 13.9. The van der Waals surface area contributed by atoms with E-state index in [1.165, 1.54) is 5.56 Å². The summed E-state index contributed by atoms with van der Waals surface area (Å²) in [6.07, 6.45) is 0. The Kier molecular flexibility index (Phi) is 5.38. The van der Waals surface area contributed by atoms with Crippen LogP contribution in [0.15, 0.2) is 42.5 Å². The van der Waals surface area contributed by atoms with Gasteiger partial charge in [-0.2, -0.15) is 0 Å². The van der Waals surface area contributed by atoms with Crippen LogP contribution in [0.5, 0.6) is 0 Å². The van der Waals surface area contributed by atoms with Crippen LogP contribution in [-0.4, -0.2) is 29.4 Å². The lowest BCUT2D eigenvalue weighted by molar-refractivity contribution is 0.277. The number of hydrogen-bond donors (Lipinski definition) is 1. The number of methoxy groups -OCH3 is 1. The molecule has 0 bridgehead atoms. The van der Waals surface area contributed by atoms with Crippen molar-refractivity contribution >= 4 is 22.7 Å². The van der Waals surface area contributed by atoms with Gasteiger partial charge in [0, 0.05) is 19.9 Å². The number of rotatable bonds is 2.